The highest BCUT2D eigenvalue weighted by Gasteiger charge is 1.90. The van der Waals surface area contributed by atoms with Gasteiger partial charge in [0.05, 0.1) is 6.54 Å². The maximum absolute atomic E-state index is 9.85. The van der Waals surface area contributed by atoms with Gasteiger partial charge in [0.15, 0.2) is 0 Å². The Hall–Kier alpha value is -0.880. The first-order valence-electron chi connectivity index (χ1n) is 8.60. The maximum atomic E-state index is 9.85. The molecular formula is C18H33NO. The molecule has 0 aromatic carbocycles. The maximum Gasteiger partial charge on any atom is 0.234 e. The molecular weight excluding hydrogens is 246 g/mol. The third-order valence-corrected chi connectivity index (χ3v) is 3.60. The molecule has 0 heterocycles. The number of unbranched alkanes of at least 4 members (excludes halogenated alkanes) is 11. The van der Waals surface area contributed by atoms with E-state index in [1.165, 1.54) is 77.0 Å². The third-order valence-electron chi connectivity index (χ3n) is 3.60. The Morgan fingerprint density at radius 3 is 1.80 bits per heavy atom. The lowest BCUT2D eigenvalue weighted by atomic mass is 10.1. The zero-order chi connectivity index (χ0) is 14.7. The van der Waals surface area contributed by atoms with Gasteiger partial charge >= 0.3 is 0 Å². The van der Waals surface area contributed by atoms with Crippen LogP contribution in [0.25, 0.3) is 0 Å². The van der Waals surface area contributed by atoms with Crippen molar-refractivity contribution in [3.63, 3.8) is 0 Å². The summed E-state index contributed by atoms with van der Waals surface area (Å²) in [5, 5.41) is 0. The van der Waals surface area contributed by atoms with Crippen LogP contribution in [0, 0.1) is 0 Å². The van der Waals surface area contributed by atoms with E-state index in [1.807, 2.05) is 0 Å². The molecule has 0 N–H and O–H groups in total. The highest BCUT2D eigenvalue weighted by Crippen LogP contribution is 2.09. The number of allylic oxidation sites excluding steroid dienone is 2. The molecule has 0 fully saturated rings. The summed E-state index contributed by atoms with van der Waals surface area (Å²) >= 11 is 0. The van der Waals surface area contributed by atoms with Crippen molar-refractivity contribution in [3.05, 3.63) is 12.2 Å². The largest absolute Gasteiger partial charge is 0.234 e. The van der Waals surface area contributed by atoms with Crippen LogP contribution in [0.15, 0.2) is 17.1 Å². The molecule has 0 aliphatic carbocycles. The summed E-state index contributed by atoms with van der Waals surface area (Å²) in [4.78, 5) is 13.4. The molecule has 116 valence electrons. The summed E-state index contributed by atoms with van der Waals surface area (Å²) in [6.45, 7) is 2.92. The molecule has 0 bridgehead atoms. The average molecular weight is 279 g/mol. The van der Waals surface area contributed by atoms with Gasteiger partial charge in [0.25, 0.3) is 0 Å². The molecule has 0 aliphatic rings. The van der Waals surface area contributed by atoms with Gasteiger partial charge < -0.3 is 0 Å². The molecule has 2 heteroatoms. The Morgan fingerprint density at radius 2 is 1.25 bits per heavy atom. The summed E-state index contributed by atoms with van der Waals surface area (Å²) in [5.74, 6) is 0. The van der Waals surface area contributed by atoms with Crippen molar-refractivity contribution in [3.8, 4) is 0 Å². The number of isocyanates is 1. The van der Waals surface area contributed by atoms with E-state index in [9.17, 15) is 4.79 Å². The second-order valence-corrected chi connectivity index (χ2v) is 5.56. The smallest absolute Gasteiger partial charge is 0.211 e. The first-order valence-corrected chi connectivity index (χ1v) is 8.60. The van der Waals surface area contributed by atoms with E-state index in [0.717, 1.165) is 6.42 Å². The Bertz CT molecular complexity index is 254. The average Bonchev–Trinajstić information content (AvgIpc) is 2.47. The molecule has 0 saturated heterocycles. The molecule has 0 saturated carbocycles. The first kappa shape index (κ1) is 19.1. The van der Waals surface area contributed by atoms with Crippen LogP contribution in [0.3, 0.4) is 0 Å². The van der Waals surface area contributed by atoms with Crippen molar-refractivity contribution in [1.82, 2.24) is 0 Å². The van der Waals surface area contributed by atoms with Crippen LogP contribution in [0.1, 0.15) is 90.4 Å². The van der Waals surface area contributed by atoms with Crippen LogP contribution in [0.2, 0.25) is 0 Å². The van der Waals surface area contributed by atoms with Gasteiger partial charge in [-0.2, -0.15) is 0 Å². The van der Waals surface area contributed by atoms with Crippen LogP contribution in [0.4, 0.5) is 0 Å². The fourth-order valence-corrected chi connectivity index (χ4v) is 2.31. The quantitative estimate of drug-likeness (QED) is 0.157. The van der Waals surface area contributed by atoms with Crippen LogP contribution >= 0.6 is 0 Å². The number of carbonyl (C=O) groups excluding carboxylic acids is 1. The summed E-state index contributed by atoms with van der Waals surface area (Å²) in [6, 6.07) is 0. The molecule has 0 aromatic heterocycles. The first-order chi connectivity index (χ1) is 9.91. The predicted molar refractivity (Wildman–Crippen MR) is 87.8 cm³/mol. The highest BCUT2D eigenvalue weighted by atomic mass is 16.1. The van der Waals surface area contributed by atoms with Crippen molar-refractivity contribution in [2.45, 2.75) is 90.4 Å². The SMILES string of the molecule is CCCCCCCC/C=C\CCCCCCCN=C=O. The second kappa shape index (κ2) is 18.1. The number of nitrogens with zero attached hydrogens (tertiary/aromatic N) is 1. The van der Waals surface area contributed by atoms with E-state index in [1.54, 1.807) is 6.08 Å². The van der Waals surface area contributed by atoms with Crippen molar-refractivity contribution in [2.75, 3.05) is 6.54 Å². The molecule has 0 spiro atoms. The van der Waals surface area contributed by atoms with E-state index >= 15 is 0 Å². The van der Waals surface area contributed by atoms with Gasteiger partial charge in [-0.25, -0.2) is 9.79 Å². The van der Waals surface area contributed by atoms with E-state index < -0.39 is 0 Å². The normalized spacial score (nSPS) is 10.8. The minimum Gasteiger partial charge on any atom is -0.211 e. The number of rotatable bonds is 15. The summed E-state index contributed by atoms with van der Waals surface area (Å²) in [7, 11) is 0. The van der Waals surface area contributed by atoms with Gasteiger partial charge in [-0.1, -0.05) is 70.4 Å². The number of hydrogen-bond donors (Lipinski definition) is 0. The lowest BCUT2D eigenvalue weighted by Gasteiger charge is -1.98. The van der Waals surface area contributed by atoms with Crippen molar-refractivity contribution in [2.24, 2.45) is 4.99 Å². The van der Waals surface area contributed by atoms with Crippen molar-refractivity contribution in [1.29, 1.82) is 0 Å². The minimum absolute atomic E-state index is 0.654. The second-order valence-electron chi connectivity index (χ2n) is 5.56. The summed E-state index contributed by atoms with van der Waals surface area (Å²) in [5.41, 5.74) is 0. The molecule has 0 aliphatic heterocycles. The number of hydrogen-bond acceptors (Lipinski definition) is 2. The Kier molecular flexibility index (Phi) is 17.3. The van der Waals surface area contributed by atoms with E-state index in [0.29, 0.717) is 6.54 Å². The van der Waals surface area contributed by atoms with Crippen LogP contribution in [-0.2, 0) is 4.79 Å². The topological polar surface area (TPSA) is 29.4 Å². The fraction of sp³-hybridized carbons (Fsp3) is 0.833. The fourth-order valence-electron chi connectivity index (χ4n) is 2.31. The minimum atomic E-state index is 0.654. The van der Waals surface area contributed by atoms with Gasteiger partial charge in [-0.15, -0.1) is 0 Å². The van der Waals surface area contributed by atoms with Crippen molar-refractivity contribution < 1.29 is 4.79 Å². The zero-order valence-electron chi connectivity index (χ0n) is 13.4. The van der Waals surface area contributed by atoms with Crippen LogP contribution in [0.5, 0.6) is 0 Å². The van der Waals surface area contributed by atoms with Crippen molar-refractivity contribution >= 4 is 6.08 Å². The number of aliphatic imine (C=N–C) groups is 1. The molecule has 20 heavy (non-hydrogen) atoms. The molecule has 0 radical (unpaired) electrons. The van der Waals surface area contributed by atoms with Crippen LogP contribution < -0.4 is 0 Å². The molecule has 0 atom stereocenters. The molecule has 2 nitrogen and oxygen atoms in total. The lowest BCUT2D eigenvalue weighted by molar-refractivity contribution is 0.560. The predicted octanol–water partition coefficient (Wildman–Crippen LogP) is 5.97. The van der Waals surface area contributed by atoms with E-state index in [2.05, 4.69) is 24.1 Å². The molecule has 0 amide bonds. The lowest BCUT2D eigenvalue weighted by Crippen LogP contribution is -1.82. The Morgan fingerprint density at radius 1 is 0.750 bits per heavy atom. The van der Waals surface area contributed by atoms with Gasteiger partial charge in [0.2, 0.25) is 6.08 Å². The van der Waals surface area contributed by atoms with Gasteiger partial charge in [-0.3, -0.25) is 0 Å². The van der Waals surface area contributed by atoms with Gasteiger partial charge in [0.1, 0.15) is 0 Å². The standard InChI is InChI=1S/C18H33NO/c1-2-3-4-5-6-7-8-9-10-11-12-13-14-15-16-17-19-18-20/h9-10H,2-8,11-17H2,1H3/b10-9-. The van der Waals surface area contributed by atoms with E-state index in [-0.39, 0.29) is 0 Å². The van der Waals surface area contributed by atoms with Crippen LogP contribution in [-0.4, -0.2) is 12.6 Å². The monoisotopic (exact) mass is 279 g/mol. The molecule has 0 unspecified atom stereocenters. The third kappa shape index (κ3) is 17.1. The zero-order valence-corrected chi connectivity index (χ0v) is 13.4. The van der Waals surface area contributed by atoms with Gasteiger partial charge in [-0.05, 0) is 32.1 Å². The summed E-state index contributed by atoms with van der Waals surface area (Å²) < 4.78 is 0. The highest BCUT2D eigenvalue weighted by molar-refractivity contribution is 5.32. The molecule has 0 aromatic rings. The molecule has 0 rings (SSSR count). The Labute approximate surface area is 125 Å². The summed E-state index contributed by atoms with van der Waals surface area (Å²) in [6.07, 6.45) is 23.2. The Balaban J connectivity index is 3.06. The van der Waals surface area contributed by atoms with E-state index in [4.69, 9.17) is 0 Å². The van der Waals surface area contributed by atoms with Gasteiger partial charge in [0, 0.05) is 0 Å².